The van der Waals surface area contributed by atoms with Gasteiger partial charge in [0.1, 0.15) is 17.5 Å². The zero-order valence-corrected chi connectivity index (χ0v) is 11.5. The Bertz CT molecular complexity index is 369. The quantitative estimate of drug-likeness (QED) is 0.691. The zero-order chi connectivity index (χ0) is 13.6. The monoisotopic (exact) mass is 252 g/mol. The van der Waals surface area contributed by atoms with Crippen LogP contribution in [-0.2, 0) is 6.42 Å². The molecule has 5 heteroatoms. The highest BCUT2D eigenvalue weighted by Crippen LogP contribution is 2.21. The van der Waals surface area contributed by atoms with Crippen LogP contribution in [0.5, 0.6) is 0 Å². The first kappa shape index (κ1) is 14.7. The van der Waals surface area contributed by atoms with E-state index in [0.29, 0.717) is 11.6 Å². The standard InChI is InChI=1S/C13H24N4O/c1-4-7-11-15-10(14)8-12(16-11)17-13(5-2,6-3)9-18/h8,18H,4-7,9H2,1-3H3,(H3,14,15,16,17). The number of nitrogens with two attached hydrogens (primary N) is 1. The Morgan fingerprint density at radius 3 is 2.44 bits per heavy atom. The summed E-state index contributed by atoms with van der Waals surface area (Å²) in [6.45, 7) is 6.25. The first-order chi connectivity index (χ1) is 8.59. The summed E-state index contributed by atoms with van der Waals surface area (Å²) in [6, 6.07) is 1.72. The fourth-order valence-electron chi connectivity index (χ4n) is 1.88. The second-order valence-electron chi connectivity index (χ2n) is 4.61. The van der Waals surface area contributed by atoms with Crippen LogP contribution in [0.1, 0.15) is 45.9 Å². The highest BCUT2D eigenvalue weighted by molar-refractivity contribution is 5.46. The zero-order valence-electron chi connectivity index (χ0n) is 11.5. The molecule has 18 heavy (non-hydrogen) atoms. The predicted molar refractivity (Wildman–Crippen MR) is 74.5 cm³/mol. The van der Waals surface area contributed by atoms with Crippen molar-refractivity contribution >= 4 is 11.6 Å². The Labute approximate surface area is 109 Å². The van der Waals surface area contributed by atoms with Gasteiger partial charge in [-0.05, 0) is 19.3 Å². The highest BCUT2D eigenvalue weighted by Gasteiger charge is 2.25. The van der Waals surface area contributed by atoms with Crippen molar-refractivity contribution < 1.29 is 5.11 Å². The molecule has 1 aromatic rings. The molecular weight excluding hydrogens is 228 g/mol. The minimum Gasteiger partial charge on any atom is -0.394 e. The minimum atomic E-state index is -0.329. The molecule has 0 saturated heterocycles. The molecule has 1 heterocycles. The summed E-state index contributed by atoms with van der Waals surface area (Å²) < 4.78 is 0. The maximum absolute atomic E-state index is 9.54. The topological polar surface area (TPSA) is 84.1 Å². The Morgan fingerprint density at radius 1 is 1.28 bits per heavy atom. The number of nitrogens with one attached hydrogen (secondary N) is 1. The second kappa shape index (κ2) is 6.54. The number of nitrogen functional groups attached to an aromatic ring is 1. The highest BCUT2D eigenvalue weighted by atomic mass is 16.3. The van der Waals surface area contributed by atoms with E-state index in [4.69, 9.17) is 5.73 Å². The number of aliphatic hydroxyl groups excluding tert-OH is 1. The minimum absolute atomic E-state index is 0.0764. The number of aromatic nitrogens is 2. The third kappa shape index (κ3) is 3.57. The van der Waals surface area contributed by atoms with Crippen molar-refractivity contribution in [3.63, 3.8) is 0 Å². The van der Waals surface area contributed by atoms with E-state index >= 15 is 0 Å². The molecule has 0 fully saturated rings. The van der Waals surface area contributed by atoms with Crippen molar-refractivity contribution in [2.75, 3.05) is 17.7 Å². The van der Waals surface area contributed by atoms with Gasteiger partial charge in [0.05, 0.1) is 12.1 Å². The number of aryl methyl sites for hydroxylation is 1. The molecule has 0 aliphatic carbocycles. The van der Waals surface area contributed by atoms with Crippen LogP contribution < -0.4 is 11.1 Å². The molecule has 5 nitrogen and oxygen atoms in total. The average molecular weight is 252 g/mol. The van der Waals surface area contributed by atoms with Crippen molar-refractivity contribution in [1.82, 2.24) is 9.97 Å². The van der Waals surface area contributed by atoms with Gasteiger partial charge in [-0.3, -0.25) is 0 Å². The van der Waals surface area contributed by atoms with E-state index in [1.54, 1.807) is 6.07 Å². The Morgan fingerprint density at radius 2 is 1.94 bits per heavy atom. The molecule has 0 spiro atoms. The lowest BCUT2D eigenvalue weighted by atomic mass is 9.94. The summed E-state index contributed by atoms with van der Waals surface area (Å²) >= 11 is 0. The van der Waals surface area contributed by atoms with E-state index in [2.05, 4.69) is 22.2 Å². The van der Waals surface area contributed by atoms with Crippen LogP contribution in [0.3, 0.4) is 0 Å². The van der Waals surface area contributed by atoms with Crippen molar-refractivity contribution in [3.05, 3.63) is 11.9 Å². The SMILES string of the molecule is CCCc1nc(N)cc(NC(CC)(CC)CO)n1. The second-order valence-corrected chi connectivity index (χ2v) is 4.61. The van der Waals surface area contributed by atoms with Gasteiger partial charge in [0, 0.05) is 12.5 Å². The summed E-state index contributed by atoms with van der Waals surface area (Å²) in [5, 5.41) is 12.8. The van der Waals surface area contributed by atoms with E-state index in [1.807, 2.05) is 13.8 Å². The van der Waals surface area contributed by atoms with E-state index in [-0.39, 0.29) is 12.1 Å². The van der Waals surface area contributed by atoms with Gasteiger partial charge in [0.25, 0.3) is 0 Å². The molecule has 0 saturated carbocycles. The molecule has 0 atom stereocenters. The molecule has 0 aliphatic heterocycles. The molecular formula is C13H24N4O. The molecule has 1 aromatic heterocycles. The van der Waals surface area contributed by atoms with Gasteiger partial charge in [-0.25, -0.2) is 9.97 Å². The Hall–Kier alpha value is -1.36. The number of nitrogens with zero attached hydrogens (tertiary/aromatic N) is 2. The fourth-order valence-corrected chi connectivity index (χ4v) is 1.88. The van der Waals surface area contributed by atoms with Gasteiger partial charge in [0.2, 0.25) is 0 Å². The predicted octanol–water partition coefficient (Wildman–Crippen LogP) is 1.97. The third-order valence-corrected chi connectivity index (χ3v) is 3.32. The summed E-state index contributed by atoms with van der Waals surface area (Å²) in [4.78, 5) is 8.63. The number of aliphatic hydroxyl groups is 1. The summed E-state index contributed by atoms with van der Waals surface area (Å²) in [6.07, 6.45) is 3.44. The summed E-state index contributed by atoms with van der Waals surface area (Å²) in [7, 11) is 0. The van der Waals surface area contributed by atoms with Crippen LogP contribution in [0.4, 0.5) is 11.6 Å². The lowest BCUT2D eigenvalue weighted by Gasteiger charge is -2.31. The molecule has 0 aromatic carbocycles. The van der Waals surface area contributed by atoms with E-state index in [1.165, 1.54) is 0 Å². The van der Waals surface area contributed by atoms with Crippen LogP contribution in [0.25, 0.3) is 0 Å². The van der Waals surface area contributed by atoms with Gasteiger partial charge in [0.15, 0.2) is 0 Å². The van der Waals surface area contributed by atoms with Crippen molar-refractivity contribution in [2.45, 2.75) is 52.0 Å². The van der Waals surface area contributed by atoms with E-state index in [9.17, 15) is 5.11 Å². The number of hydrogen-bond acceptors (Lipinski definition) is 5. The van der Waals surface area contributed by atoms with Gasteiger partial charge in [-0.2, -0.15) is 0 Å². The van der Waals surface area contributed by atoms with Crippen LogP contribution in [0, 0.1) is 0 Å². The first-order valence-electron chi connectivity index (χ1n) is 6.61. The molecule has 102 valence electrons. The number of hydrogen-bond donors (Lipinski definition) is 3. The lowest BCUT2D eigenvalue weighted by Crippen LogP contribution is -2.41. The Balaban J connectivity index is 2.95. The molecule has 0 bridgehead atoms. The number of rotatable bonds is 7. The van der Waals surface area contributed by atoms with Gasteiger partial charge >= 0.3 is 0 Å². The van der Waals surface area contributed by atoms with Crippen molar-refractivity contribution in [3.8, 4) is 0 Å². The molecule has 0 unspecified atom stereocenters. The Kier molecular flexibility index (Phi) is 5.34. The smallest absolute Gasteiger partial charge is 0.133 e. The van der Waals surface area contributed by atoms with E-state index in [0.717, 1.165) is 31.5 Å². The van der Waals surface area contributed by atoms with Crippen LogP contribution in [0.15, 0.2) is 6.07 Å². The van der Waals surface area contributed by atoms with Gasteiger partial charge < -0.3 is 16.2 Å². The van der Waals surface area contributed by atoms with Crippen molar-refractivity contribution in [1.29, 1.82) is 0 Å². The largest absolute Gasteiger partial charge is 0.394 e. The normalized spacial score (nSPS) is 11.6. The molecule has 0 aliphatic rings. The summed E-state index contributed by atoms with van der Waals surface area (Å²) in [5.41, 5.74) is 5.45. The van der Waals surface area contributed by atoms with Gasteiger partial charge in [-0.1, -0.05) is 20.8 Å². The molecule has 4 N–H and O–H groups in total. The number of anilines is 2. The molecule has 0 amide bonds. The fraction of sp³-hybridized carbons (Fsp3) is 0.692. The summed E-state index contributed by atoms with van der Waals surface area (Å²) in [5.74, 6) is 1.91. The molecule has 0 radical (unpaired) electrons. The van der Waals surface area contributed by atoms with Crippen molar-refractivity contribution in [2.24, 2.45) is 0 Å². The maximum atomic E-state index is 9.54. The average Bonchev–Trinajstić information content (AvgIpc) is 2.36. The van der Waals surface area contributed by atoms with Crippen LogP contribution in [0.2, 0.25) is 0 Å². The molecule has 1 rings (SSSR count). The van der Waals surface area contributed by atoms with Crippen LogP contribution in [-0.4, -0.2) is 27.2 Å². The van der Waals surface area contributed by atoms with Gasteiger partial charge in [-0.15, -0.1) is 0 Å². The van der Waals surface area contributed by atoms with E-state index < -0.39 is 0 Å². The first-order valence-corrected chi connectivity index (χ1v) is 6.61. The lowest BCUT2D eigenvalue weighted by molar-refractivity contribution is 0.202. The van der Waals surface area contributed by atoms with Crippen LogP contribution >= 0.6 is 0 Å². The third-order valence-electron chi connectivity index (χ3n) is 3.32. The maximum Gasteiger partial charge on any atom is 0.133 e.